The minimum atomic E-state index is -3.68. The molecule has 0 spiro atoms. The highest BCUT2D eigenvalue weighted by Gasteiger charge is 2.24. The number of carbonyl (C=O) groups excluding carboxylic acids is 1. The summed E-state index contributed by atoms with van der Waals surface area (Å²) in [4.78, 5) is 14.3. The summed E-state index contributed by atoms with van der Waals surface area (Å²) in [5, 5.41) is 3.80. The van der Waals surface area contributed by atoms with Crippen LogP contribution in [0.4, 0.5) is 4.79 Å². The third-order valence-electron chi connectivity index (χ3n) is 4.03. The zero-order valence-corrected chi connectivity index (χ0v) is 14.6. The maximum atomic E-state index is 11.8. The monoisotopic (exact) mass is 369 g/mol. The van der Waals surface area contributed by atoms with Crippen molar-refractivity contribution in [3.63, 3.8) is 0 Å². The molecule has 0 aliphatic carbocycles. The molecule has 1 aliphatic rings. The normalized spacial score (nSPS) is 19.6. The van der Waals surface area contributed by atoms with Gasteiger partial charge < -0.3 is 15.0 Å². The number of amides is 1. The Morgan fingerprint density at radius 2 is 2.28 bits per heavy atom. The quantitative estimate of drug-likeness (QED) is 0.480. The van der Waals surface area contributed by atoms with Crippen LogP contribution in [0.1, 0.15) is 11.1 Å². The number of nitrogens with one attached hydrogen (secondary N) is 2. The molecular weight excluding hydrogens is 349 g/mol. The van der Waals surface area contributed by atoms with Crippen molar-refractivity contribution in [2.45, 2.75) is 18.9 Å². The van der Waals surface area contributed by atoms with E-state index >= 15 is 0 Å². The molecule has 136 valence electrons. The van der Waals surface area contributed by atoms with Gasteiger partial charge in [-0.25, -0.2) is 19.9 Å². The molecule has 0 saturated carbocycles. The van der Waals surface area contributed by atoms with Crippen LogP contribution in [-0.2, 0) is 35.8 Å². The fourth-order valence-corrected chi connectivity index (χ4v) is 3.34. The molecule has 0 bridgehead atoms. The third-order valence-corrected chi connectivity index (χ3v) is 5.23. The van der Waals surface area contributed by atoms with E-state index in [-0.39, 0.29) is 18.7 Å². The Hall–Kier alpha value is -1.90. The van der Waals surface area contributed by atoms with Crippen molar-refractivity contribution in [3.05, 3.63) is 35.5 Å². The molecule has 25 heavy (non-hydrogen) atoms. The van der Waals surface area contributed by atoms with Crippen LogP contribution < -0.4 is 11.2 Å². The molecule has 10 heteroatoms. The smallest absolute Gasteiger partial charge is 0.447 e. The number of rotatable bonds is 8. The first-order valence-corrected chi connectivity index (χ1v) is 9.20. The van der Waals surface area contributed by atoms with Gasteiger partial charge in [-0.1, -0.05) is 6.07 Å². The van der Waals surface area contributed by atoms with Crippen LogP contribution in [0, 0.1) is 0 Å². The summed E-state index contributed by atoms with van der Waals surface area (Å²) in [6.45, 7) is 0.502. The van der Waals surface area contributed by atoms with Crippen LogP contribution in [0.5, 0.6) is 0 Å². The average molecular weight is 369 g/mol. The number of H-pyrrole nitrogens is 1. The Kier molecular flexibility index (Phi) is 5.41. The largest absolute Gasteiger partial charge is 0.490 e. The lowest BCUT2D eigenvalue weighted by Crippen LogP contribution is -2.28. The van der Waals surface area contributed by atoms with Gasteiger partial charge in [0.15, 0.2) is 0 Å². The number of cyclic esters (lactones) is 1. The van der Waals surface area contributed by atoms with Crippen LogP contribution >= 0.6 is 7.82 Å². The van der Waals surface area contributed by atoms with Crippen molar-refractivity contribution in [3.8, 4) is 0 Å². The topological polar surface area (TPSA) is 125 Å². The summed E-state index contributed by atoms with van der Waals surface area (Å²) in [7, 11) is -2.48. The van der Waals surface area contributed by atoms with Crippen LogP contribution in [0.15, 0.2) is 24.4 Å². The number of ether oxygens (including phenoxy) is 1. The van der Waals surface area contributed by atoms with E-state index in [1.54, 1.807) is 0 Å². The number of benzene rings is 1. The van der Waals surface area contributed by atoms with Crippen LogP contribution in [0.2, 0.25) is 0 Å². The van der Waals surface area contributed by atoms with E-state index in [0.29, 0.717) is 19.4 Å². The number of alkyl carbamates (subject to hydrolysis) is 1. The first-order chi connectivity index (χ1) is 12.0. The Morgan fingerprint density at radius 3 is 2.96 bits per heavy atom. The molecule has 3 rings (SSSR count). The van der Waals surface area contributed by atoms with Crippen molar-refractivity contribution >= 4 is 24.8 Å². The lowest BCUT2D eigenvalue weighted by Gasteiger charge is -2.12. The molecule has 2 unspecified atom stereocenters. The van der Waals surface area contributed by atoms with E-state index < -0.39 is 7.82 Å². The lowest BCUT2D eigenvalue weighted by atomic mass is 10.0. The predicted molar refractivity (Wildman–Crippen MR) is 89.8 cm³/mol. The molecule has 0 radical (unpaired) electrons. The summed E-state index contributed by atoms with van der Waals surface area (Å²) in [6, 6.07) is 6.02. The van der Waals surface area contributed by atoms with E-state index in [2.05, 4.69) is 25.5 Å². The molecule has 1 aromatic heterocycles. The SMILES string of the molecule is COP(=O)(ON)OCCc1c[nH]c2ccc(CC3COC(=O)N3)cc12. The number of phosphoric acid groups is 1. The predicted octanol–water partition coefficient (Wildman–Crippen LogP) is 2.02. The molecule has 4 N–H and O–H groups in total. The number of hydrogen-bond acceptors (Lipinski definition) is 7. The third kappa shape index (κ3) is 4.20. The van der Waals surface area contributed by atoms with Gasteiger partial charge in [0.05, 0.1) is 12.6 Å². The van der Waals surface area contributed by atoms with Gasteiger partial charge in [0, 0.05) is 24.2 Å². The molecule has 1 aliphatic heterocycles. The van der Waals surface area contributed by atoms with Gasteiger partial charge in [0.2, 0.25) is 0 Å². The number of hydrogen-bond donors (Lipinski definition) is 3. The Morgan fingerprint density at radius 1 is 1.44 bits per heavy atom. The fourth-order valence-electron chi connectivity index (χ4n) is 2.77. The van der Waals surface area contributed by atoms with E-state index in [9.17, 15) is 9.36 Å². The second-order valence-electron chi connectivity index (χ2n) is 5.66. The minimum absolute atomic E-state index is 0.0232. The molecule has 1 amide bonds. The first kappa shape index (κ1) is 17.9. The van der Waals surface area contributed by atoms with Crippen molar-refractivity contribution in [1.29, 1.82) is 0 Å². The number of nitrogens with two attached hydrogens (primary N) is 1. The molecule has 2 heterocycles. The van der Waals surface area contributed by atoms with Crippen LogP contribution in [0.25, 0.3) is 10.9 Å². The minimum Gasteiger partial charge on any atom is -0.447 e. The standard InChI is InChI=1S/C15H20N3O6P/c1-21-25(20,24-16)23-5-4-11-8-17-14-3-2-10(7-13(11)14)6-12-9-22-15(19)18-12/h2-3,7-8,12,17H,4-6,9,16H2,1H3,(H,18,19). The second-order valence-corrected chi connectivity index (χ2v) is 7.38. The van der Waals surface area contributed by atoms with Gasteiger partial charge in [-0.3, -0.25) is 9.05 Å². The maximum Gasteiger partial charge on any atom is 0.490 e. The van der Waals surface area contributed by atoms with Gasteiger partial charge >= 0.3 is 13.9 Å². The summed E-state index contributed by atoms with van der Waals surface area (Å²) < 4.78 is 30.7. The first-order valence-electron chi connectivity index (χ1n) is 7.74. The van der Waals surface area contributed by atoms with E-state index in [0.717, 1.165) is 22.0 Å². The molecular formula is C15H20N3O6P. The van der Waals surface area contributed by atoms with Crippen molar-refractivity contribution in [2.24, 2.45) is 5.90 Å². The highest BCUT2D eigenvalue weighted by molar-refractivity contribution is 7.48. The van der Waals surface area contributed by atoms with Crippen LogP contribution in [-0.4, -0.2) is 37.4 Å². The van der Waals surface area contributed by atoms with Gasteiger partial charge in [0.1, 0.15) is 6.61 Å². The number of carbonyl (C=O) groups is 1. The van der Waals surface area contributed by atoms with Gasteiger partial charge in [-0.05, 0) is 36.1 Å². The maximum absolute atomic E-state index is 11.8. The number of phosphoric ester groups is 1. The molecule has 2 aromatic rings. The van der Waals surface area contributed by atoms with Crippen molar-refractivity contribution < 1.29 is 27.8 Å². The Bertz CT molecular complexity index is 800. The van der Waals surface area contributed by atoms with E-state index in [4.69, 9.17) is 15.2 Å². The molecule has 2 atom stereocenters. The summed E-state index contributed by atoms with van der Waals surface area (Å²) >= 11 is 0. The summed E-state index contributed by atoms with van der Waals surface area (Å²) in [5.41, 5.74) is 3.07. The van der Waals surface area contributed by atoms with Gasteiger partial charge in [0.25, 0.3) is 0 Å². The van der Waals surface area contributed by atoms with Gasteiger partial charge in [-0.2, -0.15) is 0 Å². The van der Waals surface area contributed by atoms with E-state index in [1.165, 1.54) is 7.11 Å². The number of fused-ring (bicyclic) bond motifs is 1. The zero-order chi connectivity index (χ0) is 17.9. The highest BCUT2D eigenvalue weighted by atomic mass is 31.2. The van der Waals surface area contributed by atoms with Crippen molar-refractivity contribution in [2.75, 3.05) is 20.3 Å². The van der Waals surface area contributed by atoms with E-state index in [1.807, 2.05) is 18.3 Å². The average Bonchev–Trinajstić information content (AvgIpc) is 3.21. The summed E-state index contributed by atoms with van der Waals surface area (Å²) in [6.07, 6.45) is 2.68. The fraction of sp³-hybridized carbons (Fsp3) is 0.400. The molecule has 1 aromatic carbocycles. The summed E-state index contributed by atoms with van der Waals surface area (Å²) in [5.74, 6) is 4.92. The Labute approximate surface area is 144 Å². The van der Waals surface area contributed by atoms with Crippen molar-refractivity contribution in [1.82, 2.24) is 10.3 Å². The number of aromatic amines is 1. The highest BCUT2D eigenvalue weighted by Crippen LogP contribution is 2.46. The molecule has 9 nitrogen and oxygen atoms in total. The number of aromatic nitrogens is 1. The lowest BCUT2D eigenvalue weighted by molar-refractivity contribution is 0.133. The van der Waals surface area contributed by atoms with Crippen LogP contribution in [0.3, 0.4) is 0 Å². The van der Waals surface area contributed by atoms with Gasteiger partial charge in [-0.15, -0.1) is 0 Å². The molecule has 1 saturated heterocycles. The second kappa shape index (κ2) is 7.55. The Balaban J connectivity index is 1.68. The molecule has 1 fully saturated rings. The zero-order valence-electron chi connectivity index (χ0n) is 13.7.